The van der Waals surface area contributed by atoms with Gasteiger partial charge in [0.25, 0.3) is 5.91 Å². The van der Waals surface area contributed by atoms with Crippen molar-refractivity contribution in [3.05, 3.63) is 29.8 Å². The first-order chi connectivity index (χ1) is 6.39. The van der Waals surface area contributed by atoms with Crippen LogP contribution in [0.1, 0.15) is 12.5 Å². The van der Waals surface area contributed by atoms with E-state index in [1.807, 2.05) is 6.92 Å². The normalized spacial score (nSPS) is 11.1. The number of carbonyl (C=O) groups is 1. The van der Waals surface area contributed by atoms with Gasteiger partial charge in [-0.3, -0.25) is 4.79 Å². The summed E-state index contributed by atoms with van der Waals surface area (Å²) in [7, 11) is 0. The van der Waals surface area contributed by atoms with Gasteiger partial charge < -0.3 is 5.32 Å². The molecule has 0 aliphatic heterocycles. The monoisotopic (exact) mass is 199 g/mol. The first-order valence-corrected chi connectivity index (χ1v) is 4.15. The fourth-order valence-electron chi connectivity index (χ4n) is 0.878. The Bertz CT molecular complexity index is 327. The molecule has 76 valence electrons. The SMILES string of the molecule is Cc1ccc(NC(=O)C(C)(F)F)cc1. The molecule has 1 N–H and O–H groups in total. The maximum atomic E-state index is 12.5. The van der Waals surface area contributed by atoms with Crippen LogP contribution in [0.4, 0.5) is 14.5 Å². The molecule has 2 nitrogen and oxygen atoms in total. The summed E-state index contributed by atoms with van der Waals surface area (Å²) in [5.74, 6) is -4.63. The van der Waals surface area contributed by atoms with E-state index in [2.05, 4.69) is 5.32 Å². The number of nitrogens with one attached hydrogen (secondary N) is 1. The first kappa shape index (κ1) is 10.6. The molecule has 1 amide bonds. The predicted molar refractivity (Wildman–Crippen MR) is 50.4 cm³/mol. The summed E-state index contributed by atoms with van der Waals surface area (Å²) in [6.45, 7) is 2.44. The Morgan fingerprint density at radius 2 is 1.79 bits per heavy atom. The zero-order chi connectivity index (χ0) is 10.8. The molecular formula is C10H11F2NO. The molecular weight excluding hydrogens is 188 g/mol. The summed E-state index contributed by atoms with van der Waals surface area (Å²) in [4.78, 5) is 10.9. The van der Waals surface area contributed by atoms with Gasteiger partial charge in [-0.2, -0.15) is 8.78 Å². The number of aryl methyl sites for hydroxylation is 1. The average molecular weight is 199 g/mol. The third-order valence-corrected chi connectivity index (χ3v) is 1.71. The van der Waals surface area contributed by atoms with Crippen molar-refractivity contribution in [1.82, 2.24) is 0 Å². The van der Waals surface area contributed by atoms with Gasteiger partial charge in [-0.15, -0.1) is 0 Å². The number of alkyl halides is 2. The Morgan fingerprint density at radius 3 is 2.21 bits per heavy atom. The Morgan fingerprint density at radius 1 is 1.29 bits per heavy atom. The highest BCUT2D eigenvalue weighted by molar-refractivity contribution is 5.95. The molecule has 1 aromatic carbocycles. The fourth-order valence-corrected chi connectivity index (χ4v) is 0.878. The van der Waals surface area contributed by atoms with Crippen molar-refractivity contribution >= 4 is 11.6 Å². The smallest absolute Gasteiger partial charge is 0.321 e. The number of rotatable bonds is 2. The molecule has 0 fully saturated rings. The average Bonchev–Trinajstić information content (AvgIpc) is 2.07. The van der Waals surface area contributed by atoms with Crippen LogP contribution in [0.25, 0.3) is 0 Å². The summed E-state index contributed by atoms with van der Waals surface area (Å²) in [5, 5.41) is 2.12. The summed E-state index contributed by atoms with van der Waals surface area (Å²) >= 11 is 0. The lowest BCUT2D eigenvalue weighted by Crippen LogP contribution is -2.31. The van der Waals surface area contributed by atoms with Crippen LogP contribution in [-0.4, -0.2) is 11.8 Å². The van der Waals surface area contributed by atoms with Crippen molar-refractivity contribution < 1.29 is 13.6 Å². The molecule has 1 rings (SSSR count). The molecule has 0 aromatic heterocycles. The molecule has 0 heterocycles. The molecule has 0 aliphatic carbocycles. The van der Waals surface area contributed by atoms with E-state index < -0.39 is 11.8 Å². The molecule has 0 bridgehead atoms. The molecule has 0 saturated heterocycles. The third kappa shape index (κ3) is 2.80. The molecule has 0 saturated carbocycles. The first-order valence-electron chi connectivity index (χ1n) is 4.15. The maximum Gasteiger partial charge on any atom is 0.322 e. The van der Waals surface area contributed by atoms with E-state index in [9.17, 15) is 13.6 Å². The van der Waals surface area contributed by atoms with Crippen LogP contribution in [0.3, 0.4) is 0 Å². The van der Waals surface area contributed by atoms with Crippen LogP contribution < -0.4 is 5.32 Å². The molecule has 0 radical (unpaired) electrons. The van der Waals surface area contributed by atoms with Gasteiger partial charge in [-0.25, -0.2) is 0 Å². The van der Waals surface area contributed by atoms with Crippen LogP contribution >= 0.6 is 0 Å². The number of halogens is 2. The standard InChI is InChI=1S/C10H11F2NO/c1-7-3-5-8(6-4-7)13-9(14)10(2,11)12/h3-6H,1-2H3,(H,13,14). The number of hydrogen-bond donors (Lipinski definition) is 1. The molecule has 0 atom stereocenters. The molecule has 0 unspecified atom stereocenters. The second-order valence-corrected chi connectivity index (χ2v) is 3.21. The number of anilines is 1. The van der Waals surface area contributed by atoms with E-state index in [-0.39, 0.29) is 0 Å². The van der Waals surface area contributed by atoms with E-state index in [4.69, 9.17) is 0 Å². The number of carbonyl (C=O) groups excluding carboxylic acids is 1. The van der Waals surface area contributed by atoms with Gasteiger partial charge in [-0.05, 0) is 19.1 Å². The summed E-state index contributed by atoms with van der Waals surface area (Å²) < 4.78 is 24.9. The lowest BCUT2D eigenvalue weighted by atomic mass is 10.2. The zero-order valence-corrected chi connectivity index (χ0v) is 7.97. The van der Waals surface area contributed by atoms with Gasteiger partial charge in [0, 0.05) is 12.6 Å². The molecule has 0 spiro atoms. The van der Waals surface area contributed by atoms with Crippen molar-refractivity contribution in [3.8, 4) is 0 Å². The Labute approximate surface area is 80.9 Å². The highest BCUT2D eigenvalue weighted by atomic mass is 19.3. The van der Waals surface area contributed by atoms with Crippen LogP contribution in [0, 0.1) is 6.92 Å². The van der Waals surface area contributed by atoms with E-state index in [0.717, 1.165) is 5.56 Å². The van der Waals surface area contributed by atoms with Crippen LogP contribution in [-0.2, 0) is 4.79 Å². The van der Waals surface area contributed by atoms with Crippen molar-refractivity contribution in [2.45, 2.75) is 19.8 Å². The van der Waals surface area contributed by atoms with Crippen molar-refractivity contribution in [1.29, 1.82) is 0 Å². The summed E-state index contributed by atoms with van der Waals surface area (Å²) in [5.41, 5.74) is 1.38. The molecule has 1 aromatic rings. The minimum Gasteiger partial charge on any atom is -0.321 e. The number of amides is 1. The zero-order valence-electron chi connectivity index (χ0n) is 7.97. The largest absolute Gasteiger partial charge is 0.322 e. The lowest BCUT2D eigenvalue weighted by molar-refractivity contribution is -0.137. The summed E-state index contributed by atoms with van der Waals surface area (Å²) in [6.07, 6.45) is 0. The van der Waals surface area contributed by atoms with Crippen LogP contribution in [0.5, 0.6) is 0 Å². The highest BCUT2D eigenvalue weighted by Gasteiger charge is 2.31. The van der Waals surface area contributed by atoms with Gasteiger partial charge in [0.1, 0.15) is 0 Å². The van der Waals surface area contributed by atoms with E-state index in [0.29, 0.717) is 12.6 Å². The molecule has 4 heteroatoms. The van der Waals surface area contributed by atoms with Gasteiger partial charge in [-0.1, -0.05) is 17.7 Å². The minimum absolute atomic E-state index is 0.377. The minimum atomic E-state index is -3.34. The van der Waals surface area contributed by atoms with E-state index in [1.54, 1.807) is 24.3 Å². The van der Waals surface area contributed by atoms with Crippen LogP contribution in [0.2, 0.25) is 0 Å². The Balaban J connectivity index is 2.71. The molecule has 14 heavy (non-hydrogen) atoms. The van der Waals surface area contributed by atoms with Gasteiger partial charge in [0.2, 0.25) is 0 Å². The van der Waals surface area contributed by atoms with E-state index >= 15 is 0 Å². The topological polar surface area (TPSA) is 29.1 Å². The quantitative estimate of drug-likeness (QED) is 0.779. The van der Waals surface area contributed by atoms with Gasteiger partial charge in [0.05, 0.1) is 0 Å². The molecule has 0 aliphatic rings. The number of hydrogen-bond acceptors (Lipinski definition) is 1. The van der Waals surface area contributed by atoms with Crippen LogP contribution in [0.15, 0.2) is 24.3 Å². The van der Waals surface area contributed by atoms with Crippen molar-refractivity contribution in [2.75, 3.05) is 5.32 Å². The fraction of sp³-hybridized carbons (Fsp3) is 0.300. The van der Waals surface area contributed by atoms with Crippen molar-refractivity contribution in [3.63, 3.8) is 0 Å². The second kappa shape index (κ2) is 3.74. The Kier molecular flexibility index (Phi) is 2.84. The Hall–Kier alpha value is -1.45. The lowest BCUT2D eigenvalue weighted by Gasteiger charge is -2.10. The predicted octanol–water partition coefficient (Wildman–Crippen LogP) is 2.59. The highest BCUT2D eigenvalue weighted by Crippen LogP contribution is 2.16. The summed E-state index contributed by atoms with van der Waals surface area (Å²) in [6, 6.07) is 6.64. The number of benzene rings is 1. The van der Waals surface area contributed by atoms with Gasteiger partial charge >= 0.3 is 5.92 Å². The third-order valence-electron chi connectivity index (χ3n) is 1.71. The van der Waals surface area contributed by atoms with E-state index in [1.165, 1.54) is 0 Å². The van der Waals surface area contributed by atoms with Crippen molar-refractivity contribution in [2.24, 2.45) is 0 Å². The maximum absolute atomic E-state index is 12.5. The second-order valence-electron chi connectivity index (χ2n) is 3.21. The van der Waals surface area contributed by atoms with Gasteiger partial charge in [0.15, 0.2) is 0 Å².